The lowest BCUT2D eigenvalue weighted by molar-refractivity contribution is -0.137. The molecule has 132 valence electrons. The predicted octanol–water partition coefficient (Wildman–Crippen LogP) is 5.04. The van der Waals surface area contributed by atoms with Crippen molar-refractivity contribution >= 4 is 17.5 Å². The lowest BCUT2D eigenvalue weighted by Gasteiger charge is -2.17. The molecule has 7 heteroatoms. The second kappa shape index (κ2) is 5.89. The van der Waals surface area contributed by atoms with E-state index in [1.54, 1.807) is 6.92 Å². The van der Waals surface area contributed by atoms with Gasteiger partial charge < -0.3 is 10.6 Å². The highest BCUT2D eigenvalue weighted by atomic mass is 19.4. The van der Waals surface area contributed by atoms with Gasteiger partial charge >= 0.3 is 6.18 Å². The first-order chi connectivity index (χ1) is 12.0. The highest BCUT2D eigenvalue weighted by Crippen LogP contribution is 2.53. The van der Waals surface area contributed by atoms with Crippen molar-refractivity contribution in [2.45, 2.75) is 44.2 Å². The number of aromatic nitrogens is 2. The maximum Gasteiger partial charge on any atom is 0.421 e. The second-order valence-corrected chi connectivity index (χ2v) is 6.66. The zero-order valence-corrected chi connectivity index (χ0v) is 13.8. The number of hydrogen-bond acceptors (Lipinski definition) is 4. The molecule has 0 unspecified atom stereocenters. The zero-order valence-electron chi connectivity index (χ0n) is 13.8. The van der Waals surface area contributed by atoms with Gasteiger partial charge in [0.05, 0.1) is 0 Å². The fourth-order valence-corrected chi connectivity index (χ4v) is 4.01. The molecule has 0 amide bonds. The number of alkyl halides is 3. The molecular formula is C18H19F3N4. The summed E-state index contributed by atoms with van der Waals surface area (Å²) in [6.07, 6.45) is 0.0482. The average molecular weight is 348 g/mol. The van der Waals surface area contributed by atoms with Crippen molar-refractivity contribution in [3.8, 4) is 0 Å². The molecule has 2 bridgehead atoms. The van der Waals surface area contributed by atoms with Gasteiger partial charge in [-0.2, -0.15) is 18.2 Å². The van der Waals surface area contributed by atoms with Gasteiger partial charge in [-0.3, -0.25) is 0 Å². The molecule has 2 aromatic rings. The standard InChI is InChI=1S/C18H19F3N4/c1-2-22-16-15(18(19,20)21)9-23-17(25-16)24-12-5-6-13-10-3-4-11(7-10)14(13)8-12/h5-6,8-11H,2-4,7H2,1H3,(H2,22,23,24,25)/t10-,11-/m0/s1. The SMILES string of the molecule is CCNc1nc(Nc2ccc3c(c2)[C@H]2CC[C@H]3C2)ncc1C(F)(F)F. The Morgan fingerprint density at radius 1 is 1.16 bits per heavy atom. The van der Waals surface area contributed by atoms with Crippen molar-refractivity contribution in [3.63, 3.8) is 0 Å². The number of rotatable bonds is 4. The normalized spacial score (nSPS) is 21.3. The van der Waals surface area contributed by atoms with Crippen molar-refractivity contribution in [1.29, 1.82) is 0 Å². The maximum absolute atomic E-state index is 13.0. The Labute approximate surface area is 143 Å². The van der Waals surface area contributed by atoms with Crippen LogP contribution in [-0.4, -0.2) is 16.5 Å². The third-order valence-electron chi connectivity index (χ3n) is 5.09. The van der Waals surface area contributed by atoms with Crippen molar-refractivity contribution in [2.24, 2.45) is 0 Å². The third kappa shape index (κ3) is 2.92. The summed E-state index contributed by atoms with van der Waals surface area (Å²) in [5.41, 5.74) is 2.74. The van der Waals surface area contributed by atoms with E-state index in [1.807, 2.05) is 6.07 Å². The minimum atomic E-state index is -4.48. The predicted molar refractivity (Wildman–Crippen MR) is 90.3 cm³/mol. The maximum atomic E-state index is 13.0. The van der Waals surface area contributed by atoms with Crippen LogP contribution >= 0.6 is 0 Å². The van der Waals surface area contributed by atoms with Crippen LogP contribution in [0.1, 0.15) is 54.7 Å². The number of benzene rings is 1. The Hall–Kier alpha value is -2.31. The lowest BCUT2D eigenvalue weighted by Crippen LogP contribution is -2.14. The van der Waals surface area contributed by atoms with Gasteiger partial charge in [-0.25, -0.2) is 4.98 Å². The van der Waals surface area contributed by atoms with Gasteiger partial charge in [0, 0.05) is 18.4 Å². The van der Waals surface area contributed by atoms with E-state index < -0.39 is 11.7 Å². The Bertz CT molecular complexity index is 803. The summed E-state index contributed by atoms with van der Waals surface area (Å²) in [5.74, 6) is 1.25. The Morgan fingerprint density at radius 2 is 1.92 bits per heavy atom. The molecule has 0 aliphatic heterocycles. The van der Waals surface area contributed by atoms with Gasteiger partial charge in [-0.05, 0) is 61.3 Å². The summed E-state index contributed by atoms with van der Waals surface area (Å²) >= 11 is 0. The van der Waals surface area contributed by atoms with Gasteiger partial charge in [0.2, 0.25) is 5.95 Å². The van der Waals surface area contributed by atoms with E-state index in [-0.39, 0.29) is 11.8 Å². The van der Waals surface area contributed by atoms with Crippen LogP contribution in [0.25, 0.3) is 0 Å². The quantitative estimate of drug-likeness (QED) is 0.813. The molecule has 1 heterocycles. The van der Waals surface area contributed by atoms with Crippen LogP contribution < -0.4 is 10.6 Å². The first-order valence-corrected chi connectivity index (χ1v) is 8.54. The summed E-state index contributed by atoms with van der Waals surface area (Å²) in [4.78, 5) is 7.85. The topological polar surface area (TPSA) is 49.8 Å². The largest absolute Gasteiger partial charge is 0.421 e. The molecule has 1 saturated carbocycles. The third-order valence-corrected chi connectivity index (χ3v) is 5.09. The summed E-state index contributed by atoms with van der Waals surface area (Å²) < 4.78 is 39.1. The number of fused-ring (bicyclic) bond motifs is 5. The fourth-order valence-electron chi connectivity index (χ4n) is 4.01. The van der Waals surface area contributed by atoms with Crippen molar-refractivity contribution in [3.05, 3.63) is 41.1 Å². The van der Waals surface area contributed by atoms with Gasteiger partial charge in [0.15, 0.2) is 0 Å². The number of hydrogen-bond donors (Lipinski definition) is 2. The second-order valence-electron chi connectivity index (χ2n) is 6.66. The molecule has 0 spiro atoms. The average Bonchev–Trinajstić information content (AvgIpc) is 3.16. The Balaban J connectivity index is 1.61. The number of halogens is 3. The molecule has 0 saturated heterocycles. The van der Waals surface area contributed by atoms with E-state index >= 15 is 0 Å². The van der Waals surface area contributed by atoms with E-state index in [0.29, 0.717) is 18.4 Å². The molecular weight excluding hydrogens is 329 g/mol. The molecule has 4 nitrogen and oxygen atoms in total. The summed E-state index contributed by atoms with van der Waals surface area (Å²) in [6, 6.07) is 6.16. The molecule has 2 atom stereocenters. The van der Waals surface area contributed by atoms with Crippen molar-refractivity contribution < 1.29 is 13.2 Å². The molecule has 1 aromatic carbocycles. The van der Waals surface area contributed by atoms with E-state index in [9.17, 15) is 13.2 Å². The molecule has 25 heavy (non-hydrogen) atoms. The monoisotopic (exact) mass is 348 g/mol. The van der Waals surface area contributed by atoms with Crippen molar-refractivity contribution in [2.75, 3.05) is 17.2 Å². The molecule has 1 fully saturated rings. The highest BCUT2D eigenvalue weighted by Gasteiger charge is 2.37. The van der Waals surface area contributed by atoms with Crippen LogP contribution in [0.3, 0.4) is 0 Å². The van der Waals surface area contributed by atoms with E-state index in [4.69, 9.17) is 0 Å². The number of nitrogens with zero attached hydrogens (tertiary/aromatic N) is 2. The first-order valence-electron chi connectivity index (χ1n) is 8.54. The van der Waals surface area contributed by atoms with Crippen LogP contribution in [0.2, 0.25) is 0 Å². The van der Waals surface area contributed by atoms with Gasteiger partial charge in [0.1, 0.15) is 11.4 Å². The Kier molecular flexibility index (Phi) is 3.81. The molecule has 2 N–H and O–H groups in total. The number of nitrogens with one attached hydrogen (secondary N) is 2. The zero-order chi connectivity index (χ0) is 17.6. The minimum absolute atomic E-state index is 0.159. The molecule has 4 rings (SSSR count). The van der Waals surface area contributed by atoms with Gasteiger partial charge in [-0.1, -0.05) is 6.07 Å². The molecule has 1 aromatic heterocycles. The first kappa shape index (κ1) is 16.2. The van der Waals surface area contributed by atoms with E-state index in [1.165, 1.54) is 30.4 Å². The van der Waals surface area contributed by atoms with Crippen LogP contribution in [0, 0.1) is 0 Å². The van der Waals surface area contributed by atoms with Crippen LogP contribution in [0.15, 0.2) is 24.4 Å². The highest BCUT2D eigenvalue weighted by molar-refractivity contribution is 5.60. The summed E-state index contributed by atoms with van der Waals surface area (Å²) in [6.45, 7) is 2.08. The van der Waals surface area contributed by atoms with E-state index in [2.05, 4.69) is 32.7 Å². The summed E-state index contributed by atoms with van der Waals surface area (Å²) in [5, 5.41) is 5.70. The van der Waals surface area contributed by atoms with Gasteiger partial charge in [-0.15, -0.1) is 0 Å². The van der Waals surface area contributed by atoms with Crippen LogP contribution in [-0.2, 0) is 6.18 Å². The minimum Gasteiger partial charge on any atom is -0.370 e. The summed E-state index contributed by atoms with van der Waals surface area (Å²) in [7, 11) is 0. The molecule has 2 aliphatic rings. The number of anilines is 3. The molecule has 0 radical (unpaired) electrons. The van der Waals surface area contributed by atoms with Crippen molar-refractivity contribution in [1.82, 2.24) is 9.97 Å². The van der Waals surface area contributed by atoms with Crippen LogP contribution in [0.4, 0.5) is 30.6 Å². The smallest absolute Gasteiger partial charge is 0.370 e. The van der Waals surface area contributed by atoms with Gasteiger partial charge in [0.25, 0.3) is 0 Å². The van der Waals surface area contributed by atoms with Crippen LogP contribution in [0.5, 0.6) is 0 Å². The Morgan fingerprint density at radius 3 is 2.64 bits per heavy atom. The van der Waals surface area contributed by atoms with E-state index in [0.717, 1.165) is 11.9 Å². The molecule has 2 aliphatic carbocycles. The lowest BCUT2D eigenvalue weighted by atomic mass is 9.91. The fraction of sp³-hybridized carbons (Fsp3) is 0.444.